The molecule has 2 nitrogen and oxygen atoms in total. The molecule has 0 fully saturated rings. The van der Waals surface area contributed by atoms with Crippen LogP contribution < -0.4 is 5.73 Å². The molecule has 2 rings (SSSR count). The highest BCUT2D eigenvalue weighted by molar-refractivity contribution is 5.78. The lowest BCUT2D eigenvalue weighted by atomic mass is 9.86. The summed E-state index contributed by atoms with van der Waals surface area (Å²) >= 11 is 0. The molecule has 0 atom stereocenters. The van der Waals surface area contributed by atoms with Crippen LogP contribution in [0.4, 0.5) is 0 Å². The quantitative estimate of drug-likeness (QED) is 0.852. The van der Waals surface area contributed by atoms with Crippen LogP contribution in [0, 0.1) is 0 Å². The van der Waals surface area contributed by atoms with Crippen molar-refractivity contribution in [2.24, 2.45) is 5.73 Å². The highest BCUT2D eigenvalue weighted by Crippen LogP contribution is 2.27. The van der Waals surface area contributed by atoms with Gasteiger partial charge >= 0.3 is 0 Å². The predicted molar refractivity (Wildman–Crippen MR) is 68.2 cm³/mol. The second kappa shape index (κ2) is 4.22. The molecule has 0 unspecified atom stereocenters. The lowest BCUT2D eigenvalue weighted by Crippen LogP contribution is -2.35. The number of pyridine rings is 1. The number of para-hydroxylation sites is 1. The summed E-state index contributed by atoms with van der Waals surface area (Å²) in [5.41, 5.74) is 8.29. The Morgan fingerprint density at radius 3 is 2.56 bits per heavy atom. The molecule has 0 spiro atoms. The molecule has 0 saturated heterocycles. The normalized spacial score (nSPS) is 11.9. The third kappa shape index (κ3) is 1.81. The number of nitrogens with zero attached hydrogens (tertiary/aromatic N) is 1. The van der Waals surface area contributed by atoms with Gasteiger partial charge in [0.2, 0.25) is 0 Å². The fraction of sp³-hybridized carbons (Fsp3) is 0.357. The van der Waals surface area contributed by atoms with Crippen LogP contribution in [0.1, 0.15) is 32.3 Å². The minimum absolute atomic E-state index is 0.239. The fourth-order valence-electron chi connectivity index (χ4n) is 2.00. The van der Waals surface area contributed by atoms with Crippen molar-refractivity contribution in [1.82, 2.24) is 4.98 Å². The maximum absolute atomic E-state index is 6.37. The zero-order chi connectivity index (χ0) is 11.6. The number of hydrogen-bond donors (Lipinski definition) is 1. The third-order valence-electron chi connectivity index (χ3n) is 3.43. The van der Waals surface area contributed by atoms with E-state index in [4.69, 9.17) is 5.73 Å². The van der Waals surface area contributed by atoms with Crippen molar-refractivity contribution in [3.63, 3.8) is 0 Å². The summed E-state index contributed by atoms with van der Waals surface area (Å²) in [5.74, 6) is 0. The third-order valence-corrected chi connectivity index (χ3v) is 3.43. The largest absolute Gasteiger partial charge is 0.321 e. The van der Waals surface area contributed by atoms with Crippen LogP contribution in [0.2, 0.25) is 0 Å². The average molecular weight is 214 g/mol. The van der Waals surface area contributed by atoms with Gasteiger partial charge in [-0.3, -0.25) is 4.98 Å². The van der Waals surface area contributed by atoms with Crippen molar-refractivity contribution < 1.29 is 0 Å². The van der Waals surface area contributed by atoms with E-state index in [0.29, 0.717) is 0 Å². The maximum atomic E-state index is 6.37. The molecular weight excluding hydrogens is 196 g/mol. The van der Waals surface area contributed by atoms with E-state index in [9.17, 15) is 0 Å². The molecular formula is C14H18N2. The number of rotatable bonds is 3. The molecule has 0 saturated carbocycles. The molecule has 0 radical (unpaired) electrons. The van der Waals surface area contributed by atoms with Crippen molar-refractivity contribution in [3.05, 3.63) is 42.1 Å². The van der Waals surface area contributed by atoms with E-state index in [1.54, 1.807) is 0 Å². The van der Waals surface area contributed by atoms with E-state index < -0.39 is 0 Å². The number of aromatic nitrogens is 1. The maximum Gasteiger partial charge on any atom is 0.0702 e. The highest BCUT2D eigenvalue weighted by atomic mass is 14.8. The van der Waals surface area contributed by atoms with Crippen LogP contribution in [-0.2, 0) is 5.54 Å². The van der Waals surface area contributed by atoms with E-state index >= 15 is 0 Å². The molecule has 2 aromatic rings. The molecule has 1 aromatic carbocycles. The summed E-state index contributed by atoms with van der Waals surface area (Å²) in [6.07, 6.45) is 3.78. The summed E-state index contributed by atoms with van der Waals surface area (Å²) in [7, 11) is 0. The molecule has 0 aliphatic heterocycles. The first kappa shape index (κ1) is 11.1. The van der Waals surface area contributed by atoms with Crippen molar-refractivity contribution in [1.29, 1.82) is 0 Å². The molecule has 0 aliphatic rings. The Morgan fingerprint density at radius 2 is 1.88 bits per heavy atom. The van der Waals surface area contributed by atoms with Crippen LogP contribution in [0.15, 0.2) is 36.5 Å². The molecule has 0 aliphatic carbocycles. The smallest absolute Gasteiger partial charge is 0.0702 e. The number of benzene rings is 1. The topological polar surface area (TPSA) is 38.9 Å². The zero-order valence-electron chi connectivity index (χ0n) is 9.90. The van der Waals surface area contributed by atoms with E-state index in [-0.39, 0.29) is 5.54 Å². The Kier molecular flexibility index (Phi) is 2.92. The lowest BCUT2D eigenvalue weighted by Gasteiger charge is -2.27. The molecule has 84 valence electrons. The van der Waals surface area contributed by atoms with Gasteiger partial charge < -0.3 is 5.73 Å². The minimum atomic E-state index is -0.239. The van der Waals surface area contributed by atoms with Crippen LogP contribution in [0.3, 0.4) is 0 Å². The lowest BCUT2D eigenvalue weighted by molar-refractivity contribution is 0.412. The highest BCUT2D eigenvalue weighted by Gasteiger charge is 2.23. The SMILES string of the molecule is CCC(N)(CC)c1cnc2ccccc2c1. The van der Waals surface area contributed by atoms with Gasteiger partial charge in [0, 0.05) is 17.1 Å². The molecule has 2 N–H and O–H groups in total. The fourth-order valence-corrected chi connectivity index (χ4v) is 2.00. The Labute approximate surface area is 96.5 Å². The van der Waals surface area contributed by atoms with Gasteiger partial charge in [0.15, 0.2) is 0 Å². The van der Waals surface area contributed by atoms with Gasteiger partial charge in [-0.05, 0) is 30.5 Å². The van der Waals surface area contributed by atoms with Crippen molar-refractivity contribution in [2.75, 3.05) is 0 Å². The van der Waals surface area contributed by atoms with Crippen LogP contribution in [0.5, 0.6) is 0 Å². The predicted octanol–water partition coefficient (Wildman–Crippen LogP) is 3.21. The van der Waals surface area contributed by atoms with E-state index in [0.717, 1.165) is 29.3 Å². The molecule has 16 heavy (non-hydrogen) atoms. The van der Waals surface area contributed by atoms with Crippen molar-refractivity contribution in [2.45, 2.75) is 32.2 Å². The summed E-state index contributed by atoms with van der Waals surface area (Å²) < 4.78 is 0. The van der Waals surface area contributed by atoms with Crippen molar-refractivity contribution in [3.8, 4) is 0 Å². The number of hydrogen-bond acceptors (Lipinski definition) is 2. The summed E-state index contributed by atoms with van der Waals surface area (Å²) in [5, 5.41) is 1.16. The average Bonchev–Trinajstić information content (AvgIpc) is 2.37. The van der Waals surface area contributed by atoms with Crippen LogP contribution >= 0.6 is 0 Å². The second-order valence-electron chi connectivity index (χ2n) is 4.28. The Bertz CT molecular complexity index is 487. The Balaban J connectivity index is 2.54. The number of fused-ring (bicyclic) bond motifs is 1. The van der Waals surface area contributed by atoms with Gasteiger partial charge in [0.1, 0.15) is 0 Å². The van der Waals surface area contributed by atoms with Gasteiger partial charge in [-0.2, -0.15) is 0 Å². The van der Waals surface area contributed by atoms with E-state index in [1.165, 1.54) is 0 Å². The summed E-state index contributed by atoms with van der Waals surface area (Å²) in [6, 6.07) is 10.3. The monoisotopic (exact) mass is 214 g/mol. The van der Waals surface area contributed by atoms with Crippen molar-refractivity contribution >= 4 is 10.9 Å². The Morgan fingerprint density at radius 1 is 1.19 bits per heavy atom. The van der Waals surface area contributed by atoms with E-state index in [1.807, 2.05) is 24.4 Å². The second-order valence-corrected chi connectivity index (χ2v) is 4.28. The molecule has 0 amide bonds. The first-order valence-electron chi connectivity index (χ1n) is 5.84. The first-order chi connectivity index (χ1) is 7.69. The summed E-state index contributed by atoms with van der Waals surface area (Å²) in [4.78, 5) is 4.46. The first-order valence-corrected chi connectivity index (χ1v) is 5.84. The van der Waals surface area contributed by atoms with Gasteiger partial charge in [0.25, 0.3) is 0 Å². The minimum Gasteiger partial charge on any atom is -0.321 e. The zero-order valence-corrected chi connectivity index (χ0v) is 9.90. The Hall–Kier alpha value is -1.41. The standard InChI is InChI=1S/C14H18N2/c1-3-14(15,4-2)12-9-11-7-5-6-8-13(11)16-10-12/h5-10H,3-4,15H2,1-2H3. The van der Waals surface area contributed by atoms with Gasteiger partial charge in [-0.25, -0.2) is 0 Å². The summed E-state index contributed by atoms with van der Waals surface area (Å²) in [6.45, 7) is 4.25. The molecule has 1 aromatic heterocycles. The number of nitrogens with two attached hydrogens (primary N) is 1. The van der Waals surface area contributed by atoms with Gasteiger partial charge in [-0.1, -0.05) is 32.0 Å². The molecule has 2 heteroatoms. The molecule has 1 heterocycles. The van der Waals surface area contributed by atoms with Gasteiger partial charge in [-0.15, -0.1) is 0 Å². The van der Waals surface area contributed by atoms with E-state index in [2.05, 4.69) is 31.0 Å². The van der Waals surface area contributed by atoms with Crippen LogP contribution in [-0.4, -0.2) is 4.98 Å². The van der Waals surface area contributed by atoms with Gasteiger partial charge in [0.05, 0.1) is 5.52 Å². The van der Waals surface area contributed by atoms with Crippen LogP contribution in [0.25, 0.3) is 10.9 Å². The molecule has 0 bridgehead atoms.